The van der Waals surface area contributed by atoms with Gasteiger partial charge in [0.05, 0.1) is 27.1 Å². The van der Waals surface area contributed by atoms with Gasteiger partial charge in [0.2, 0.25) is 0 Å². The molecular weight excluding hydrogens is 267 g/mol. The summed E-state index contributed by atoms with van der Waals surface area (Å²) in [6.45, 7) is 3.93. The van der Waals surface area contributed by atoms with Gasteiger partial charge >= 0.3 is 0 Å². The van der Waals surface area contributed by atoms with Crippen molar-refractivity contribution < 1.29 is 8.60 Å². The normalized spacial score (nSPS) is 12.8. The molecule has 7 heteroatoms. The number of benzene rings is 1. The Kier molecular flexibility index (Phi) is 3.94. The maximum atomic E-state index is 13.0. The summed E-state index contributed by atoms with van der Waals surface area (Å²) in [4.78, 5) is 4.51. The molecule has 2 aromatic rings. The Balaban J connectivity index is 2.23. The van der Waals surface area contributed by atoms with Crippen LogP contribution >= 0.6 is 0 Å². The van der Waals surface area contributed by atoms with Gasteiger partial charge in [-0.25, -0.2) is 14.1 Å². The highest BCUT2D eigenvalue weighted by Crippen LogP contribution is 2.20. The molecule has 2 N–H and O–H groups in total. The van der Waals surface area contributed by atoms with Crippen LogP contribution in [0.2, 0.25) is 0 Å². The number of nitrogens with zero attached hydrogens (tertiary/aromatic N) is 3. The van der Waals surface area contributed by atoms with Crippen LogP contribution in [-0.2, 0) is 16.6 Å². The van der Waals surface area contributed by atoms with Crippen LogP contribution in [0.5, 0.6) is 0 Å². The third-order valence-electron chi connectivity index (χ3n) is 2.61. The molecule has 0 spiro atoms. The van der Waals surface area contributed by atoms with E-state index < -0.39 is 16.6 Å². The molecule has 2 rings (SSSR count). The Labute approximate surface area is 113 Å². The van der Waals surface area contributed by atoms with Crippen molar-refractivity contribution in [3.8, 4) is 0 Å². The summed E-state index contributed by atoms with van der Waals surface area (Å²) < 4.78 is 26.9. The fourth-order valence-electron chi connectivity index (χ4n) is 1.73. The fourth-order valence-corrected chi connectivity index (χ4v) is 2.87. The van der Waals surface area contributed by atoms with Gasteiger partial charge in [0, 0.05) is 6.04 Å². The second kappa shape index (κ2) is 5.48. The second-order valence-electron chi connectivity index (χ2n) is 4.39. The molecule has 0 aliphatic rings. The Hall–Kier alpha value is -1.76. The molecule has 102 valence electrons. The van der Waals surface area contributed by atoms with E-state index in [4.69, 9.17) is 5.73 Å². The summed E-state index contributed by atoms with van der Waals surface area (Å²) >= 11 is 0. The molecule has 19 heavy (non-hydrogen) atoms. The summed E-state index contributed by atoms with van der Waals surface area (Å²) in [6, 6.07) is 3.99. The van der Waals surface area contributed by atoms with Gasteiger partial charge in [0.15, 0.2) is 0 Å². The minimum Gasteiger partial charge on any atom is -0.398 e. The van der Waals surface area contributed by atoms with E-state index in [-0.39, 0.29) is 17.5 Å². The predicted molar refractivity (Wildman–Crippen MR) is 71.3 cm³/mol. The van der Waals surface area contributed by atoms with E-state index in [0.717, 1.165) is 0 Å². The van der Waals surface area contributed by atoms with Crippen molar-refractivity contribution in [2.45, 2.75) is 30.5 Å². The molecule has 0 aliphatic carbocycles. The lowest BCUT2D eigenvalue weighted by Gasteiger charge is -2.10. The van der Waals surface area contributed by atoms with E-state index in [2.05, 4.69) is 10.1 Å². The summed E-state index contributed by atoms with van der Waals surface area (Å²) in [7, 11) is -1.37. The minimum absolute atomic E-state index is 0.139. The van der Waals surface area contributed by atoms with Crippen LogP contribution in [0.3, 0.4) is 0 Å². The van der Waals surface area contributed by atoms with Crippen LogP contribution in [0.15, 0.2) is 29.4 Å². The standard InChI is InChI=1S/C12H15FN4OS/c1-8(2)17-12(15-7-16-17)6-19(18)11-4-3-9(13)5-10(11)14/h3-5,7-8H,6,14H2,1-2H3. The van der Waals surface area contributed by atoms with Crippen LogP contribution in [-0.4, -0.2) is 19.0 Å². The Bertz CT molecular complexity index is 612. The third kappa shape index (κ3) is 2.98. The average Bonchev–Trinajstić information content (AvgIpc) is 2.76. The number of halogens is 1. The Morgan fingerprint density at radius 3 is 2.84 bits per heavy atom. The SMILES string of the molecule is CC(C)n1ncnc1CS(=O)c1ccc(F)cc1N. The molecule has 0 radical (unpaired) electrons. The van der Waals surface area contributed by atoms with Gasteiger partial charge in [-0.05, 0) is 32.0 Å². The zero-order valence-electron chi connectivity index (χ0n) is 10.7. The summed E-state index contributed by atoms with van der Waals surface area (Å²) in [5.41, 5.74) is 5.86. The van der Waals surface area contributed by atoms with E-state index in [1.807, 2.05) is 13.8 Å². The largest absolute Gasteiger partial charge is 0.398 e. The minimum atomic E-state index is -1.37. The number of anilines is 1. The molecule has 0 bridgehead atoms. The third-order valence-corrected chi connectivity index (χ3v) is 4.00. The zero-order chi connectivity index (χ0) is 14.0. The van der Waals surface area contributed by atoms with Crippen molar-refractivity contribution in [1.29, 1.82) is 0 Å². The lowest BCUT2D eigenvalue weighted by Crippen LogP contribution is -2.11. The van der Waals surface area contributed by atoms with Gasteiger partial charge < -0.3 is 5.73 Å². The van der Waals surface area contributed by atoms with Crippen LogP contribution in [0.4, 0.5) is 10.1 Å². The van der Waals surface area contributed by atoms with Crippen LogP contribution in [0, 0.1) is 5.82 Å². The van der Waals surface area contributed by atoms with Crippen molar-refractivity contribution >= 4 is 16.5 Å². The number of rotatable bonds is 4. The molecule has 1 aromatic carbocycles. The fraction of sp³-hybridized carbons (Fsp3) is 0.333. The Morgan fingerprint density at radius 1 is 1.47 bits per heavy atom. The van der Waals surface area contributed by atoms with Crippen LogP contribution < -0.4 is 5.73 Å². The topological polar surface area (TPSA) is 73.8 Å². The van der Waals surface area contributed by atoms with Gasteiger partial charge in [0.1, 0.15) is 18.0 Å². The molecule has 1 unspecified atom stereocenters. The van der Waals surface area contributed by atoms with Gasteiger partial charge in [-0.2, -0.15) is 5.10 Å². The number of hydrogen-bond donors (Lipinski definition) is 1. The molecule has 0 amide bonds. The van der Waals surface area contributed by atoms with Crippen LogP contribution in [0.1, 0.15) is 25.7 Å². The molecule has 5 nitrogen and oxygen atoms in total. The highest BCUT2D eigenvalue weighted by Gasteiger charge is 2.14. The molecule has 0 saturated heterocycles. The van der Waals surface area contributed by atoms with E-state index in [1.54, 1.807) is 4.68 Å². The summed E-state index contributed by atoms with van der Waals surface area (Å²) in [5, 5.41) is 4.08. The molecule has 0 saturated carbocycles. The first kappa shape index (κ1) is 13.7. The maximum absolute atomic E-state index is 13.0. The molecular formula is C12H15FN4OS. The highest BCUT2D eigenvalue weighted by atomic mass is 32.2. The van der Waals surface area contributed by atoms with Crippen LogP contribution in [0.25, 0.3) is 0 Å². The van der Waals surface area contributed by atoms with E-state index in [1.165, 1.54) is 24.5 Å². The average molecular weight is 282 g/mol. The number of nitrogens with two attached hydrogens (primary N) is 1. The number of hydrogen-bond acceptors (Lipinski definition) is 4. The summed E-state index contributed by atoms with van der Waals surface area (Å²) in [6.07, 6.45) is 1.43. The first-order valence-electron chi connectivity index (χ1n) is 5.81. The monoisotopic (exact) mass is 282 g/mol. The smallest absolute Gasteiger partial charge is 0.140 e. The van der Waals surface area contributed by atoms with Crippen molar-refractivity contribution in [3.05, 3.63) is 36.2 Å². The highest BCUT2D eigenvalue weighted by molar-refractivity contribution is 7.84. The van der Waals surface area contributed by atoms with Crippen molar-refractivity contribution in [1.82, 2.24) is 14.8 Å². The first-order valence-corrected chi connectivity index (χ1v) is 7.12. The second-order valence-corrected chi connectivity index (χ2v) is 5.81. The zero-order valence-corrected chi connectivity index (χ0v) is 11.5. The van der Waals surface area contributed by atoms with E-state index in [9.17, 15) is 8.60 Å². The molecule has 0 aliphatic heterocycles. The lowest BCUT2D eigenvalue weighted by atomic mass is 10.3. The maximum Gasteiger partial charge on any atom is 0.140 e. The predicted octanol–water partition coefficient (Wildman–Crippen LogP) is 1.89. The van der Waals surface area contributed by atoms with Crippen molar-refractivity contribution in [3.63, 3.8) is 0 Å². The lowest BCUT2D eigenvalue weighted by molar-refractivity contribution is 0.513. The molecule has 1 aromatic heterocycles. The quantitative estimate of drug-likeness (QED) is 0.869. The number of nitrogen functional groups attached to an aromatic ring is 1. The molecule has 1 atom stereocenters. The van der Waals surface area contributed by atoms with Gasteiger partial charge in [-0.3, -0.25) is 4.21 Å². The van der Waals surface area contributed by atoms with Gasteiger partial charge in [-0.1, -0.05) is 0 Å². The van der Waals surface area contributed by atoms with E-state index >= 15 is 0 Å². The van der Waals surface area contributed by atoms with E-state index in [0.29, 0.717) is 10.7 Å². The van der Waals surface area contributed by atoms with Crippen molar-refractivity contribution in [2.75, 3.05) is 5.73 Å². The first-order chi connectivity index (χ1) is 8.99. The van der Waals surface area contributed by atoms with Gasteiger partial charge in [0.25, 0.3) is 0 Å². The van der Waals surface area contributed by atoms with Gasteiger partial charge in [-0.15, -0.1) is 0 Å². The Morgan fingerprint density at radius 2 is 2.21 bits per heavy atom. The molecule has 0 fully saturated rings. The van der Waals surface area contributed by atoms with Crippen molar-refractivity contribution in [2.24, 2.45) is 0 Å². The summed E-state index contributed by atoms with van der Waals surface area (Å²) in [5.74, 6) is 0.384. The number of aromatic nitrogens is 3. The molecule has 1 heterocycles.